The number of aromatic nitrogens is 3. The highest BCUT2D eigenvalue weighted by Crippen LogP contribution is 2.42. The summed E-state index contributed by atoms with van der Waals surface area (Å²) in [5.41, 5.74) is 5.62. The Morgan fingerprint density at radius 3 is 2.35 bits per heavy atom. The van der Waals surface area contributed by atoms with Crippen LogP contribution in [-0.2, 0) is 6.54 Å². The van der Waals surface area contributed by atoms with Gasteiger partial charge in [-0.15, -0.1) is 0 Å². The number of thiocarbonyl (C=S) groups is 1. The molecular formula is C27H27N5OS. The molecule has 0 amide bonds. The van der Waals surface area contributed by atoms with E-state index < -0.39 is 0 Å². The largest absolute Gasteiger partial charge is 0.497 e. The summed E-state index contributed by atoms with van der Waals surface area (Å²) >= 11 is 5.86. The van der Waals surface area contributed by atoms with Crippen LogP contribution >= 0.6 is 12.2 Å². The van der Waals surface area contributed by atoms with Crippen LogP contribution in [0.3, 0.4) is 0 Å². The lowest BCUT2D eigenvalue weighted by atomic mass is 9.96. The fourth-order valence-corrected chi connectivity index (χ4v) is 5.07. The predicted octanol–water partition coefficient (Wildman–Crippen LogP) is 5.07. The van der Waals surface area contributed by atoms with Gasteiger partial charge in [-0.3, -0.25) is 4.98 Å². The van der Waals surface area contributed by atoms with Gasteiger partial charge in [0, 0.05) is 30.3 Å². The summed E-state index contributed by atoms with van der Waals surface area (Å²) < 4.78 is 7.54. The number of benzene rings is 1. The van der Waals surface area contributed by atoms with Gasteiger partial charge in [-0.05, 0) is 79.7 Å². The zero-order valence-corrected chi connectivity index (χ0v) is 20.3. The van der Waals surface area contributed by atoms with Crippen LogP contribution in [-0.4, -0.2) is 31.7 Å². The Labute approximate surface area is 205 Å². The maximum absolute atomic E-state index is 5.86. The fraction of sp³-hybridized carbons (Fsp3) is 0.222. The molecule has 172 valence electrons. The first-order chi connectivity index (χ1) is 16.6. The molecule has 1 aliphatic rings. The number of hydrogen-bond donors (Lipinski definition) is 1. The van der Waals surface area contributed by atoms with Crippen molar-refractivity contribution in [3.8, 4) is 11.6 Å². The number of nitrogens with one attached hydrogen (secondary N) is 1. The van der Waals surface area contributed by atoms with Gasteiger partial charge in [0.05, 0.1) is 24.9 Å². The number of ether oxygens (including phenoxy) is 1. The van der Waals surface area contributed by atoms with Gasteiger partial charge in [-0.2, -0.15) is 0 Å². The second-order valence-corrected chi connectivity index (χ2v) is 8.84. The van der Waals surface area contributed by atoms with Gasteiger partial charge in [-0.1, -0.05) is 24.3 Å². The Bertz CT molecular complexity index is 1290. The number of aryl methyl sites for hydroxylation is 1. The predicted molar refractivity (Wildman–Crippen MR) is 137 cm³/mol. The van der Waals surface area contributed by atoms with Gasteiger partial charge < -0.3 is 19.5 Å². The van der Waals surface area contributed by atoms with E-state index in [1.807, 2.05) is 54.9 Å². The molecule has 1 saturated heterocycles. The van der Waals surface area contributed by atoms with E-state index in [-0.39, 0.29) is 12.1 Å². The van der Waals surface area contributed by atoms with E-state index >= 15 is 0 Å². The molecule has 1 fully saturated rings. The first-order valence-electron chi connectivity index (χ1n) is 11.3. The highest BCUT2D eigenvalue weighted by Gasteiger charge is 2.41. The molecule has 7 heteroatoms. The minimum atomic E-state index is -0.0652. The summed E-state index contributed by atoms with van der Waals surface area (Å²) in [7, 11) is 1.68. The molecule has 6 nitrogen and oxygen atoms in total. The molecule has 0 spiro atoms. The molecule has 0 bridgehead atoms. The third-order valence-electron chi connectivity index (χ3n) is 6.38. The topological polar surface area (TPSA) is 55.2 Å². The summed E-state index contributed by atoms with van der Waals surface area (Å²) in [5.74, 6) is 1.75. The number of nitrogens with zero attached hydrogens (tertiary/aromatic N) is 4. The van der Waals surface area contributed by atoms with E-state index in [1.54, 1.807) is 7.11 Å². The molecule has 0 saturated carbocycles. The third kappa shape index (κ3) is 4.03. The average molecular weight is 470 g/mol. The zero-order valence-electron chi connectivity index (χ0n) is 19.5. The third-order valence-corrected chi connectivity index (χ3v) is 6.73. The second-order valence-electron chi connectivity index (χ2n) is 8.45. The summed E-state index contributed by atoms with van der Waals surface area (Å²) in [6, 6.07) is 22.3. The first kappa shape index (κ1) is 22.1. The van der Waals surface area contributed by atoms with Crippen molar-refractivity contribution in [1.82, 2.24) is 24.8 Å². The van der Waals surface area contributed by atoms with Crippen LogP contribution in [0, 0.1) is 13.8 Å². The summed E-state index contributed by atoms with van der Waals surface area (Å²) in [6.07, 6.45) is 3.66. The smallest absolute Gasteiger partial charge is 0.170 e. The quantitative estimate of drug-likeness (QED) is 0.398. The van der Waals surface area contributed by atoms with Crippen molar-refractivity contribution in [2.24, 2.45) is 0 Å². The van der Waals surface area contributed by atoms with Crippen molar-refractivity contribution in [2.45, 2.75) is 32.5 Å². The van der Waals surface area contributed by atoms with Crippen molar-refractivity contribution in [1.29, 1.82) is 0 Å². The number of hydrogen-bond acceptors (Lipinski definition) is 4. The van der Waals surface area contributed by atoms with Crippen molar-refractivity contribution in [2.75, 3.05) is 7.11 Å². The molecule has 0 aliphatic carbocycles. The molecule has 4 aromatic rings. The Balaban J connectivity index is 1.59. The summed E-state index contributed by atoms with van der Waals surface area (Å²) in [4.78, 5) is 11.5. The van der Waals surface area contributed by atoms with Crippen LogP contribution in [0.4, 0.5) is 0 Å². The number of pyridine rings is 2. The SMILES string of the molecule is COc1ccc(CN2C(=S)NC(c3ccccn3)C2c2cc(C)n(-c3ccccn3)c2C)cc1. The maximum atomic E-state index is 5.86. The summed E-state index contributed by atoms with van der Waals surface area (Å²) in [5, 5.41) is 4.27. The molecule has 2 unspecified atom stereocenters. The van der Waals surface area contributed by atoms with E-state index in [0.717, 1.165) is 39.3 Å². The monoisotopic (exact) mass is 469 g/mol. The molecule has 2 atom stereocenters. The normalized spacial score (nSPS) is 17.6. The zero-order chi connectivity index (χ0) is 23.7. The van der Waals surface area contributed by atoms with Gasteiger partial charge in [0.25, 0.3) is 0 Å². The second kappa shape index (κ2) is 9.27. The molecule has 0 radical (unpaired) electrons. The van der Waals surface area contributed by atoms with Crippen LogP contribution in [0.15, 0.2) is 79.1 Å². The van der Waals surface area contributed by atoms with E-state index in [9.17, 15) is 0 Å². The highest BCUT2D eigenvalue weighted by molar-refractivity contribution is 7.80. The summed E-state index contributed by atoms with van der Waals surface area (Å²) in [6.45, 7) is 4.95. The van der Waals surface area contributed by atoms with Crippen molar-refractivity contribution >= 4 is 17.3 Å². The molecule has 1 N–H and O–H groups in total. The van der Waals surface area contributed by atoms with Gasteiger partial charge in [0.1, 0.15) is 11.6 Å². The van der Waals surface area contributed by atoms with Gasteiger partial charge >= 0.3 is 0 Å². The Kier molecular flexibility index (Phi) is 6.02. The molecule has 4 heterocycles. The minimum absolute atomic E-state index is 0.0202. The van der Waals surface area contributed by atoms with Crippen molar-refractivity contribution in [3.63, 3.8) is 0 Å². The number of methoxy groups -OCH3 is 1. The van der Waals surface area contributed by atoms with Crippen LogP contribution < -0.4 is 10.1 Å². The van der Waals surface area contributed by atoms with Crippen LogP contribution in [0.25, 0.3) is 5.82 Å². The van der Waals surface area contributed by atoms with Crippen molar-refractivity contribution in [3.05, 3.63) is 107 Å². The van der Waals surface area contributed by atoms with E-state index in [2.05, 4.69) is 62.9 Å². The maximum Gasteiger partial charge on any atom is 0.170 e. The molecule has 5 rings (SSSR count). The lowest BCUT2D eigenvalue weighted by Gasteiger charge is -2.28. The van der Waals surface area contributed by atoms with Crippen LogP contribution in [0.5, 0.6) is 5.75 Å². The fourth-order valence-electron chi connectivity index (χ4n) is 4.77. The number of rotatable bonds is 6. The minimum Gasteiger partial charge on any atom is -0.497 e. The Hall–Kier alpha value is -3.71. The van der Waals surface area contributed by atoms with Crippen LogP contribution in [0.1, 0.15) is 40.3 Å². The van der Waals surface area contributed by atoms with Gasteiger partial charge in [0.15, 0.2) is 5.11 Å². The lowest BCUT2D eigenvalue weighted by Crippen LogP contribution is -2.29. The van der Waals surface area contributed by atoms with Crippen molar-refractivity contribution < 1.29 is 4.74 Å². The first-order valence-corrected chi connectivity index (χ1v) is 11.7. The van der Waals surface area contributed by atoms with Crippen LogP contribution in [0.2, 0.25) is 0 Å². The molecule has 1 aromatic carbocycles. The molecule has 34 heavy (non-hydrogen) atoms. The highest BCUT2D eigenvalue weighted by atomic mass is 32.1. The Morgan fingerprint density at radius 1 is 0.971 bits per heavy atom. The Morgan fingerprint density at radius 2 is 1.71 bits per heavy atom. The molecule has 1 aliphatic heterocycles. The molecule has 3 aromatic heterocycles. The van der Waals surface area contributed by atoms with Gasteiger partial charge in [-0.25, -0.2) is 4.98 Å². The average Bonchev–Trinajstić information content (AvgIpc) is 3.35. The van der Waals surface area contributed by atoms with E-state index in [1.165, 1.54) is 5.56 Å². The van der Waals surface area contributed by atoms with E-state index in [4.69, 9.17) is 17.0 Å². The standard InChI is InChI=1S/C27H27N5OS/c1-18-16-22(19(2)32(18)24-9-5-7-15-29-24)26-25(23-8-4-6-14-28-23)30-27(34)31(26)17-20-10-12-21(33-3)13-11-20/h4-16,25-26H,17H2,1-3H3,(H,30,34). The van der Waals surface area contributed by atoms with E-state index in [0.29, 0.717) is 6.54 Å². The molecular weight excluding hydrogens is 442 g/mol. The van der Waals surface area contributed by atoms with Gasteiger partial charge in [0.2, 0.25) is 0 Å². The lowest BCUT2D eigenvalue weighted by molar-refractivity contribution is 0.310.